The van der Waals surface area contributed by atoms with Gasteiger partial charge in [0.2, 0.25) is 5.91 Å². The van der Waals surface area contributed by atoms with Crippen LogP contribution in [0.4, 0.5) is 5.69 Å². The summed E-state index contributed by atoms with van der Waals surface area (Å²) >= 11 is 2.68. The fourth-order valence-electron chi connectivity index (χ4n) is 2.05. The molecular weight excluding hydrogens is 372 g/mol. The van der Waals surface area contributed by atoms with Crippen LogP contribution in [0.1, 0.15) is 10.4 Å². The minimum absolute atomic E-state index is 0.0867. The molecule has 134 valence electrons. The Kier molecular flexibility index (Phi) is 5.69. The van der Waals surface area contributed by atoms with E-state index >= 15 is 0 Å². The SMILES string of the molecule is CN(C)C(=O)c1ccc(NC(=O)CSc2nnc(-c3cccs3)o2)cc1. The smallest absolute Gasteiger partial charge is 0.277 e. The summed E-state index contributed by atoms with van der Waals surface area (Å²) in [5.74, 6) is 0.308. The molecule has 0 bridgehead atoms. The summed E-state index contributed by atoms with van der Waals surface area (Å²) < 4.78 is 5.52. The van der Waals surface area contributed by atoms with Crippen molar-refractivity contribution in [1.82, 2.24) is 15.1 Å². The Labute approximate surface area is 158 Å². The van der Waals surface area contributed by atoms with Crippen LogP contribution in [0.5, 0.6) is 0 Å². The number of benzene rings is 1. The minimum atomic E-state index is -0.197. The van der Waals surface area contributed by atoms with Crippen LogP contribution >= 0.6 is 23.1 Å². The number of nitrogens with one attached hydrogen (secondary N) is 1. The molecule has 3 rings (SSSR count). The second kappa shape index (κ2) is 8.15. The number of thiophene rings is 1. The zero-order valence-corrected chi connectivity index (χ0v) is 15.8. The van der Waals surface area contributed by atoms with Crippen molar-refractivity contribution in [3.05, 3.63) is 47.3 Å². The summed E-state index contributed by atoms with van der Waals surface area (Å²) in [7, 11) is 3.38. The van der Waals surface area contributed by atoms with E-state index in [9.17, 15) is 9.59 Å². The third-order valence-corrected chi connectivity index (χ3v) is 4.96. The average Bonchev–Trinajstić information content (AvgIpc) is 3.31. The third kappa shape index (κ3) is 4.50. The van der Waals surface area contributed by atoms with E-state index in [0.29, 0.717) is 22.4 Å². The van der Waals surface area contributed by atoms with Crippen LogP contribution in [0.15, 0.2) is 51.4 Å². The standard InChI is InChI=1S/C17H16N4O3S2/c1-21(2)16(23)11-5-7-12(8-6-11)18-14(22)10-26-17-20-19-15(24-17)13-4-3-9-25-13/h3-9H,10H2,1-2H3,(H,18,22). The maximum Gasteiger partial charge on any atom is 0.277 e. The topological polar surface area (TPSA) is 88.3 Å². The largest absolute Gasteiger partial charge is 0.410 e. The number of rotatable bonds is 6. The number of thioether (sulfide) groups is 1. The molecule has 26 heavy (non-hydrogen) atoms. The molecule has 0 spiro atoms. The molecule has 2 amide bonds. The number of aromatic nitrogens is 2. The van der Waals surface area contributed by atoms with Crippen LogP contribution in [0.3, 0.4) is 0 Å². The normalized spacial score (nSPS) is 10.5. The van der Waals surface area contributed by atoms with Gasteiger partial charge in [-0.25, -0.2) is 0 Å². The van der Waals surface area contributed by atoms with Crippen molar-refractivity contribution >= 4 is 40.6 Å². The van der Waals surface area contributed by atoms with Gasteiger partial charge in [-0.15, -0.1) is 21.5 Å². The van der Waals surface area contributed by atoms with Gasteiger partial charge in [0, 0.05) is 25.3 Å². The Balaban J connectivity index is 1.52. The van der Waals surface area contributed by atoms with Gasteiger partial charge in [-0.1, -0.05) is 17.8 Å². The Morgan fingerprint density at radius 1 is 1.19 bits per heavy atom. The van der Waals surface area contributed by atoms with Crippen LogP contribution < -0.4 is 5.32 Å². The van der Waals surface area contributed by atoms with Crippen molar-refractivity contribution < 1.29 is 14.0 Å². The Hall–Kier alpha value is -2.65. The maximum absolute atomic E-state index is 12.1. The van der Waals surface area contributed by atoms with Crippen LogP contribution in [0.2, 0.25) is 0 Å². The Morgan fingerprint density at radius 3 is 2.62 bits per heavy atom. The van der Waals surface area contributed by atoms with Crippen molar-refractivity contribution in [2.24, 2.45) is 0 Å². The number of hydrogen-bond donors (Lipinski definition) is 1. The van der Waals surface area contributed by atoms with E-state index in [0.717, 1.165) is 4.88 Å². The zero-order valence-electron chi connectivity index (χ0n) is 14.1. The van der Waals surface area contributed by atoms with Crippen molar-refractivity contribution in [2.45, 2.75) is 5.22 Å². The van der Waals surface area contributed by atoms with Gasteiger partial charge in [0.25, 0.3) is 17.0 Å². The summed E-state index contributed by atoms with van der Waals surface area (Å²) in [5.41, 5.74) is 1.19. The molecule has 0 atom stereocenters. The highest BCUT2D eigenvalue weighted by Crippen LogP contribution is 2.26. The predicted molar refractivity (Wildman–Crippen MR) is 101 cm³/mol. The van der Waals surface area contributed by atoms with Gasteiger partial charge < -0.3 is 14.6 Å². The third-order valence-electron chi connectivity index (χ3n) is 3.29. The molecule has 0 radical (unpaired) electrons. The summed E-state index contributed by atoms with van der Waals surface area (Å²) in [6.07, 6.45) is 0. The summed E-state index contributed by atoms with van der Waals surface area (Å²) in [5, 5.41) is 12.9. The number of nitrogens with zero attached hydrogens (tertiary/aromatic N) is 3. The van der Waals surface area contributed by atoms with Crippen molar-refractivity contribution in [3.8, 4) is 10.8 Å². The van der Waals surface area contributed by atoms with Crippen LogP contribution in [-0.4, -0.2) is 46.8 Å². The highest BCUT2D eigenvalue weighted by Gasteiger charge is 2.12. The number of carbonyl (C=O) groups is 2. The summed E-state index contributed by atoms with van der Waals surface area (Å²) in [4.78, 5) is 26.3. The second-order valence-corrected chi connectivity index (χ2v) is 7.34. The van der Waals surface area contributed by atoms with Crippen molar-refractivity contribution in [1.29, 1.82) is 0 Å². The van der Waals surface area contributed by atoms with Gasteiger partial charge in [-0.2, -0.15) is 0 Å². The Bertz CT molecular complexity index is 889. The highest BCUT2D eigenvalue weighted by atomic mass is 32.2. The lowest BCUT2D eigenvalue weighted by Crippen LogP contribution is -2.21. The van der Waals surface area contributed by atoms with E-state index in [4.69, 9.17) is 4.42 Å². The van der Waals surface area contributed by atoms with E-state index < -0.39 is 0 Å². The molecule has 0 unspecified atom stereocenters. The molecule has 7 nitrogen and oxygen atoms in total. The van der Waals surface area contributed by atoms with Crippen LogP contribution in [0, 0.1) is 0 Å². The predicted octanol–water partition coefficient (Wildman–Crippen LogP) is 3.23. The van der Waals surface area contributed by atoms with Gasteiger partial charge in [0.05, 0.1) is 10.6 Å². The van der Waals surface area contributed by atoms with Crippen LogP contribution in [0.25, 0.3) is 10.8 Å². The number of amides is 2. The van der Waals surface area contributed by atoms with Gasteiger partial charge in [-0.3, -0.25) is 9.59 Å². The van der Waals surface area contributed by atoms with Gasteiger partial charge >= 0.3 is 0 Å². The van der Waals surface area contributed by atoms with Gasteiger partial charge in [0.1, 0.15) is 0 Å². The fraction of sp³-hybridized carbons (Fsp3) is 0.176. The van der Waals surface area contributed by atoms with Gasteiger partial charge in [0.15, 0.2) is 0 Å². The van der Waals surface area contributed by atoms with Crippen molar-refractivity contribution in [2.75, 3.05) is 25.2 Å². The lowest BCUT2D eigenvalue weighted by Gasteiger charge is -2.10. The number of carbonyl (C=O) groups excluding carboxylic acids is 2. The first-order valence-electron chi connectivity index (χ1n) is 7.64. The first kappa shape index (κ1) is 18.2. The molecule has 1 aromatic carbocycles. The summed E-state index contributed by atoms with van der Waals surface area (Å²) in [6, 6.07) is 10.5. The van der Waals surface area contributed by atoms with E-state index in [-0.39, 0.29) is 17.6 Å². The average molecular weight is 388 g/mol. The van der Waals surface area contributed by atoms with Gasteiger partial charge in [-0.05, 0) is 35.7 Å². The van der Waals surface area contributed by atoms with E-state index in [1.54, 1.807) is 38.4 Å². The lowest BCUT2D eigenvalue weighted by molar-refractivity contribution is -0.113. The molecule has 0 aliphatic rings. The summed E-state index contributed by atoms with van der Waals surface area (Å²) in [6.45, 7) is 0. The monoisotopic (exact) mass is 388 g/mol. The molecule has 2 heterocycles. The fourth-order valence-corrected chi connectivity index (χ4v) is 3.25. The molecule has 2 aromatic heterocycles. The molecule has 3 aromatic rings. The van der Waals surface area contributed by atoms with Crippen molar-refractivity contribution in [3.63, 3.8) is 0 Å². The highest BCUT2D eigenvalue weighted by molar-refractivity contribution is 7.99. The molecule has 0 fully saturated rings. The molecule has 0 aliphatic heterocycles. The molecule has 0 aliphatic carbocycles. The molecule has 9 heteroatoms. The first-order chi connectivity index (χ1) is 12.5. The molecular formula is C17H16N4O3S2. The van der Waals surface area contributed by atoms with Crippen LogP contribution in [-0.2, 0) is 4.79 Å². The number of anilines is 1. The first-order valence-corrected chi connectivity index (χ1v) is 9.51. The van der Waals surface area contributed by atoms with E-state index in [2.05, 4.69) is 15.5 Å². The van der Waals surface area contributed by atoms with E-state index in [1.165, 1.54) is 28.0 Å². The van der Waals surface area contributed by atoms with E-state index in [1.807, 2.05) is 17.5 Å². The molecule has 1 N–H and O–H groups in total. The second-order valence-electron chi connectivity index (χ2n) is 5.46. The number of hydrogen-bond acceptors (Lipinski definition) is 7. The quantitative estimate of drug-likeness (QED) is 0.652. The Morgan fingerprint density at radius 2 is 1.96 bits per heavy atom. The maximum atomic E-state index is 12.1. The minimum Gasteiger partial charge on any atom is -0.410 e. The zero-order chi connectivity index (χ0) is 18.5. The molecule has 0 saturated carbocycles. The molecule has 0 saturated heterocycles. The lowest BCUT2D eigenvalue weighted by atomic mass is 10.2.